The molecule has 0 bridgehead atoms. The number of carbonyl (C=O) groups is 2. The Kier molecular flexibility index (Phi) is 8.64. The number of aryl methyl sites for hydroxylation is 1. The topological polar surface area (TPSA) is 107 Å². The lowest BCUT2D eigenvalue weighted by Gasteiger charge is -2.22. The highest BCUT2D eigenvalue weighted by Gasteiger charge is 2.29. The number of hydrogen-bond donors (Lipinski definition) is 3. The van der Waals surface area contributed by atoms with Crippen molar-refractivity contribution >= 4 is 23.8 Å². The van der Waals surface area contributed by atoms with Gasteiger partial charge in [-0.05, 0) is 61.1 Å². The first kappa shape index (κ1) is 26.0. The molecule has 0 aliphatic carbocycles. The monoisotopic (exact) mass is 503 g/mol. The van der Waals surface area contributed by atoms with E-state index in [-0.39, 0.29) is 12.3 Å². The minimum Gasteiger partial charge on any atom is -0.381 e. The minimum atomic E-state index is -0.712. The van der Waals surface area contributed by atoms with Crippen LogP contribution in [0.15, 0.2) is 48.2 Å². The van der Waals surface area contributed by atoms with Crippen molar-refractivity contribution in [2.24, 2.45) is 5.92 Å². The molecule has 9 heteroatoms. The standard InChI is InChI=1S/C28H30FN5O3/c1-34-25-16-20(6-5-19-11-13-37-14-12-19)7-8-22(25)9-10-24(27(34)35)33-28(36)31-18-21(17-30)15-23-3-2-4-26(29)32-23/h2-4,7-8,16-19,24,30H,9-15H2,1H3,(H2,31,33,36)/b21-18-,30-17?/t24-/m1/s1. The summed E-state index contributed by atoms with van der Waals surface area (Å²) in [6.07, 6.45) is 5.55. The van der Waals surface area contributed by atoms with Crippen molar-refractivity contribution in [3.05, 3.63) is 70.9 Å². The molecule has 8 nitrogen and oxygen atoms in total. The second kappa shape index (κ2) is 12.3. The minimum absolute atomic E-state index is 0.182. The fourth-order valence-electron chi connectivity index (χ4n) is 4.36. The smallest absolute Gasteiger partial charge is 0.319 e. The lowest BCUT2D eigenvalue weighted by molar-refractivity contribution is -0.120. The zero-order chi connectivity index (χ0) is 26.2. The molecule has 3 amide bonds. The molecule has 4 rings (SSSR count). The van der Waals surface area contributed by atoms with E-state index in [2.05, 4.69) is 27.5 Å². The van der Waals surface area contributed by atoms with E-state index in [1.165, 1.54) is 18.3 Å². The number of urea groups is 1. The number of nitrogens with zero attached hydrogens (tertiary/aromatic N) is 2. The maximum atomic E-state index is 13.3. The molecule has 1 fully saturated rings. The number of amides is 3. The molecule has 2 aliphatic heterocycles. The Labute approximate surface area is 215 Å². The molecule has 1 aromatic heterocycles. The molecule has 0 unspecified atom stereocenters. The summed E-state index contributed by atoms with van der Waals surface area (Å²) < 4.78 is 18.7. The lowest BCUT2D eigenvalue weighted by Crippen LogP contribution is -2.49. The second-order valence-corrected chi connectivity index (χ2v) is 9.10. The fraction of sp³-hybridized carbons (Fsp3) is 0.357. The van der Waals surface area contributed by atoms with E-state index in [0.29, 0.717) is 30.0 Å². The number of nitrogens with one attached hydrogen (secondary N) is 3. The summed E-state index contributed by atoms with van der Waals surface area (Å²) >= 11 is 0. The highest BCUT2D eigenvalue weighted by Crippen LogP contribution is 2.27. The molecule has 0 spiro atoms. The number of likely N-dealkylation sites (N-methyl/N-ethyl adjacent to an activating group) is 1. The zero-order valence-electron chi connectivity index (χ0n) is 20.7. The molecule has 1 saturated heterocycles. The normalized spacial score (nSPS) is 18.2. The van der Waals surface area contributed by atoms with Crippen LogP contribution in [-0.4, -0.2) is 49.4 Å². The molecule has 0 radical (unpaired) electrons. The zero-order valence-corrected chi connectivity index (χ0v) is 20.7. The van der Waals surface area contributed by atoms with Crippen LogP contribution in [0.3, 0.4) is 0 Å². The predicted molar refractivity (Wildman–Crippen MR) is 139 cm³/mol. The van der Waals surface area contributed by atoms with Gasteiger partial charge in [-0.2, -0.15) is 4.39 Å². The summed E-state index contributed by atoms with van der Waals surface area (Å²) in [7, 11) is 1.70. The van der Waals surface area contributed by atoms with Crippen molar-refractivity contribution in [2.75, 3.05) is 25.2 Å². The van der Waals surface area contributed by atoms with Gasteiger partial charge in [-0.25, -0.2) is 9.78 Å². The van der Waals surface area contributed by atoms with Crippen LogP contribution in [-0.2, 0) is 22.4 Å². The summed E-state index contributed by atoms with van der Waals surface area (Å²) in [6, 6.07) is 9.04. The van der Waals surface area contributed by atoms with Crippen molar-refractivity contribution in [3.8, 4) is 11.8 Å². The molecule has 37 heavy (non-hydrogen) atoms. The van der Waals surface area contributed by atoms with E-state index in [9.17, 15) is 14.0 Å². The molecular formula is C28H30FN5O3. The molecule has 2 aliphatic rings. The van der Waals surface area contributed by atoms with Gasteiger partial charge in [0.15, 0.2) is 0 Å². The highest BCUT2D eigenvalue weighted by atomic mass is 19.1. The van der Waals surface area contributed by atoms with E-state index in [0.717, 1.165) is 49.1 Å². The molecule has 1 atom stereocenters. The third-order valence-electron chi connectivity index (χ3n) is 6.46. The Morgan fingerprint density at radius 1 is 1.27 bits per heavy atom. The van der Waals surface area contributed by atoms with E-state index >= 15 is 0 Å². The van der Waals surface area contributed by atoms with E-state index in [1.54, 1.807) is 18.0 Å². The van der Waals surface area contributed by atoms with E-state index < -0.39 is 18.0 Å². The van der Waals surface area contributed by atoms with Gasteiger partial charge >= 0.3 is 6.03 Å². The molecule has 3 N–H and O–H groups in total. The number of aromatic nitrogens is 1. The first-order chi connectivity index (χ1) is 17.9. The summed E-state index contributed by atoms with van der Waals surface area (Å²) in [5.41, 5.74) is 3.53. The fourth-order valence-corrected chi connectivity index (χ4v) is 4.36. The third kappa shape index (κ3) is 7.02. The number of rotatable bonds is 5. The van der Waals surface area contributed by atoms with Crippen LogP contribution in [0.25, 0.3) is 0 Å². The van der Waals surface area contributed by atoms with Gasteiger partial charge in [0.05, 0.1) is 0 Å². The van der Waals surface area contributed by atoms with Gasteiger partial charge in [-0.15, -0.1) is 0 Å². The number of carbonyl (C=O) groups excluding carboxylic acids is 2. The van der Waals surface area contributed by atoms with Crippen LogP contribution in [0.4, 0.5) is 14.9 Å². The second-order valence-electron chi connectivity index (χ2n) is 9.10. The van der Waals surface area contributed by atoms with Gasteiger partial charge in [0.1, 0.15) is 6.04 Å². The van der Waals surface area contributed by atoms with Gasteiger partial charge in [0.2, 0.25) is 11.9 Å². The molecule has 1 aromatic carbocycles. The van der Waals surface area contributed by atoms with Crippen LogP contribution >= 0.6 is 0 Å². The Bertz CT molecular complexity index is 1260. The molecule has 2 aromatic rings. The van der Waals surface area contributed by atoms with Crippen LogP contribution in [0.1, 0.15) is 36.1 Å². The maximum Gasteiger partial charge on any atom is 0.319 e. The number of pyridine rings is 1. The van der Waals surface area contributed by atoms with Gasteiger partial charge in [0, 0.05) is 62.0 Å². The van der Waals surface area contributed by atoms with Crippen molar-refractivity contribution in [1.82, 2.24) is 15.6 Å². The van der Waals surface area contributed by atoms with Crippen LogP contribution < -0.4 is 15.5 Å². The molecule has 0 saturated carbocycles. The van der Waals surface area contributed by atoms with Crippen molar-refractivity contribution in [2.45, 2.75) is 38.1 Å². The summed E-state index contributed by atoms with van der Waals surface area (Å²) in [6.45, 7) is 1.48. The van der Waals surface area contributed by atoms with E-state index in [1.807, 2.05) is 18.2 Å². The number of ether oxygens (including phenoxy) is 1. The highest BCUT2D eigenvalue weighted by molar-refractivity contribution is 6.00. The number of hydrogen-bond acceptors (Lipinski definition) is 5. The Morgan fingerprint density at radius 2 is 2.08 bits per heavy atom. The average molecular weight is 504 g/mol. The van der Waals surface area contributed by atoms with E-state index in [4.69, 9.17) is 10.1 Å². The SMILES string of the molecule is CN1C(=O)[C@H](NC(=O)N/C=C(\C=N)Cc2cccc(F)n2)CCc2ccc(C#CC3CCOCC3)cc21. The predicted octanol–water partition coefficient (Wildman–Crippen LogP) is 3.35. The number of fused-ring (bicyclic) bond motifs is 1. The molecular weight excluding hydrogens is 473 g/mol. The van der Waals surface area contributed by atoms with Gasteiger partial charge in [-0.3, -0.25) is 4.79 Å². The summed E-state index contributed by atoms with van der Waals surface area (Å²) in [5.74, 6) is 6.07. The number of benzene rings is 1. The first-order valence-electron chi connectivity index (χ1n) is 12.3. The number of halogens is 1. The maximum absolute atomic E-state index is 13.3. The van der Waals surface area contributed by atoms with Gasteiger partial charge in [0.25, 0.3) is 0 Å². The molecule has 3 heterocycles. The number of allylic oxidation sites excluding steroid dienone is 1. The van der Waals surface area contributed by atoms with Crippen molar-refractivity contribution in [3.63, 3.8) is 0 Å². The van der Waals surface area contributed by atoms with Crippen molar-refractivity contribution in [1.29, 1.82) is 5.41 Å². The van der Waals surface area contributed by atoms with Crippen molar-refractivity contribution < 1.29 is 18.7 Å². The Balaban J connectivity index is 1.38. The Hall–Kier alpha value is -4.03. The summed E-state index contributed by atoms with van der Waals surface area (Å²) in [4.78, 5) is 31.1. The Morgan fingerprint density at radius 3 is 2.84 bits per heavy atom. The lowest BCUT2D eigenvalue weighted by atomic mass is 10.00. The van der Waals surface area contributed by atoms with Crippen LogP contribution in [0.2, 0.25) is 0 Å². The quantitative estimate of drug-likeness (QED) is 0.330. The molecule has 192 valence electrons. The largest absolute Gasteiger partial charge is 0.381 e. The number of anilines is 1. The first-order valence-corrected chi connectivity index (χ1v) is 12.3. The van der Waals surface area contributed by atoms with Gasteiger partial charge in [-0.1, -0.05) is 24.0 Å². The summed E-state index contributed by atoms with van der Waals surface area (Å²) in [5, 5.41) is 12.9. The average Bonchev–Trinajstić information content (AvgIpc) is 3.02. The van der Waals surface area contributed by atoms with Gasteiger partial charge < -0.3 is 25.7 Å². The third-order valence-corrected chi connectivity index (χ3v) is 6.46. The van der Waals surface area contributed by atoms with Crippen LogP contribution in [0, 0.1) is 29.1 Å². The van der Waals surface area contributed by atoms with Crippen LogP contribution in [0.5, 0.6) is 0 Å².